The number of nitrogens with one attached hydrogen (secondary N) is 1. The summed E-state index contributed by atoms with van der Waals surface area (Å²) in [6.45, 7) is 2.22. The number of nitrogens with zero attached hydrogens (tertiary/aromatic N) is 2. The Kier molecular flexibility index (Phi) is 4.66. The second-order valence-electron chi connectivity index (χ2n) is 8.00. The van der Waals surface area contributed by atoms with Gasteiger partial charge in [-0.1, -0.05) is 18.2 Å². The molecule has 0 radical (unpaired) electrons. The summed E-state index contributed by atoms with van der Waals surface area (Å²) < 4.78 is 16.6. The molecule has 0 aliphatic carbocycles. The highest BCUT2D eigenvalue weighted by Crippen LogP contribution is 2.43. The zero-order valence-corrected chi connectivity index (χ0v) is 17.7. The Morgan fingerprint density at radius 3 is 2.79 bits per heavy atom. The van der Waals surface area contributed by atoms with E-state index < -0.39 is 0 Å². The molecule has 166 valence electrons. The van der Waals surface area contributed by atoms with Crippen LogP contribution >= 0.6 is 0 Å². The highest BCUT2D eigenvalue weighted by atomic mass is 16.7. The number of fused-ring (bicyclic) bond motifs is 2. The number of aromatic hydroxyl groups is 1. The predicted molar refractivity (Wildman–Crippen MR) is 121 cm³/mol. The van der Waals surface area contributed by atoms with Crippen molar-refractivity contribution in [3.8, 4) is 39.5 Å². The number of para-hydroxylation sites is 1. The van der Waals surface area contributed by atoms with E-state index in [4.69, 9.17) is 14.2 Å². The van der Waals surface area contributed by atoms with E-state index in [0.717, 1.165) is 39.0 Å². The summed E-state index contributed by atoms with van der Waals surface area (Å²) >= 11 is 0. The summed E-state index contributed by atoms with van der Waals surface area (Å²) in [4.78, 5) is 22.5. The minimum Gasteiger partial charge on any atom is -0.507 e. The molecule has 6 rings (SSSR count). The van der Waals surface area contributed by atoms with Gasteiger partial charge >= 0.3 is 0 Å². The Morgan fingerprint density at radius 2 is 1.91 bits per heavy atom. The fourth-order valence-electron chi connectivity index (χ4n) is 4.35. The Hall–Kier alpha value is -4.04. The molecule has 1 fully saturated rings. The van der Waals surface area contributed by atoms with Crippen molar-refractivity contribution in [2.45, 2.75) is 0 Å². The Balaban J connectivity index is 1.41. The van der Waals surface area contributed by atoms with Crippen LogP contribution in [0.3, 0.4) is 0 Å². The number of carbonyl (C=O) groups is 1. The lowest BCUT2D eigenvalue weighted by molar-refractivity contribution is 0.0301. The van der Waals surface area contributed by atoms with Crippen molar-refractivity contribution in [3.63, 3.8) is 0 Å². The number of H-pyrrole nitrogens is 1. The van der Waals surface area contributed by atoms with E-state index in [-0.39, 0.29) is 24.0 Å². The Morgan fingerprint density at radius 1 is 1.03 bits per heavy atom. The molecule has 0 unspecified atom stereocenters. The van der Waals surface area contributed by atoms with Gasteiger partial charge in [-0.15, -0.1) is 0 Å². The van der Waals surface area contributed by atoms with Crippen LogP contribution in [0.15, 0.2) is 54.9 Å². The lowest BCUT2D eigenvalue weighted by atomic mass is 9.99. The summed E-state index contributed by atoms with van der Waals surface area (Å²) in [6.07, 6.45) is 3.66. The largest absolute Gasteiger partial charge is 0.507 e. The third kappa shape index (κ3) is 3.35. The average molecular weight is 443 g/mol. The number of ether oxygens (including phenoxy) is 3. The van der Waals surface area contributed by atoms with Gasteiger partial charge in [0.15, 0.2) is 11.5 Å². The van der Waals surface area contributed by atoms with Crippen LogP contribution in [0, 0.1) is 0 Å². The molecule has 8 heteroatoms. The Bertz CT molecular complexity index is 1370. The molecule has 1 saturated heterocycles. The molecule has 2 N–H and O–H groups in total. The predicted octanol–water partition coefficient (Wildman–Crippen LogP) is 3.80. The monoisotopic (exact) mass is 443 g/mol. The van der Waals surface area contributed by atoms with Crippen LogP contribution in [0.5, 0.6) is 17.2 Å². The fourth-order valence-corrected chi connectivity index (χ4v) is 4.35. The van der Waals surface area contributed by atoms with Crippen LogP contribution in [-0.2, 0) is 4.74 Å². The zero-order valence-electron chi connectivity index (χ0n) is 17.7. The van der Waals surface area contributed by atoms with Crippen molar-refractivity contribution in [1.82, 2.24) is 14.9 Å². The third-order valence-electron chi connectivity index (χ3n) is 6.08. The smallest absolute Gasteiger partial charge is 0.257 e. The van der Waals surface area contributed by atoms with Gasteiger partial charge in [0.2, 0.25) is 6.79 Å². The van der Waals surface area contributed by atoms with E-state index in [1.807, 2.05) is 30.5 Å². The van der Waals surface area contributed by atoms with Crippen LogP contribution in [0.2, 0.25) is 0 Å². The minimum absolute atomic E-state index is 0.0383. The van der Waals surface area contributed by atoms with Gasteiger partial charge in [0, 0.05) is 47.6 Å². The molecule has 8 nitrogen and oxygen atoms in total. The summed E-state index contributed by atoms with van der Waals surface area (Å²) in [5, 5.41) is 11.3. The molecule has 2 aliphatic heterocycles. The number of morpholine rings is 1. The number of hydrogen-bond acceptors (Lipinski definition) is 6. The molecule has 2 aliphatic rings. The number of amides is 1. The fraction of sp³-hybridized carbons (Fsp3) is 0.200. The molecule has 0 bridgehead atoms. The van der Waals surface area contributed by atoms with Gasteiger partial charge in [0.25, 0.3) is 5.91 Å². The molecule has 0 atom stereocenters. The van der Waals surface area contributed by atoms with Crippen molar-refractivity contribution in [2.24, 2.45) is 0 Å². The highest BCUT2D eigenvalue weighted by molar-refractivity contribution is 6.00. The highest BCUT2D eigenvalue weighted by Gasteiger charge is 2.23. The summed E-state index contributed by atoms with van der Waals surface area (Å²) in [7, 11) is 0. The molecule has 2 aromatic heterocycles. The average Bonchev–Trinajstić information content (AvgIpc) is 3.51. The van der Waals surface area contributed by atoms with Gasteiger partial charge in [-0.2, -0.15) is 0 Å². The van der Waals surface area contributed by atoms with Gasteiger partial charge in [0.1, 0.15) is 11.4 Å². The van der Waals surface area contributed by atoms with E-state index in [9.17, 15) is 9.90 Å². The molecule has 4 heterocycles. The van der Waals surface area contributed by atoms with Gasteiger partial charge in [-0.3, -0.25) is 4.79 Å². The number of carbonyl (C=O) groups excluding carboxylic acids is 1. The van der Waals surface area contributed by atoms with Crippen LogP contribution in [0.25, 0.3) is 33.3 Å². The molecule has 33 heavy (non-hydrogen) atoms. The first-order valence-electron chi connectivity index (χ1n) is 10.8. The van der Waals surface area contributed by atoms with Crippen molar-refractivity contribution in [2.75, 3.05) is 33.1 Å². The van der Waals surface area contributed by atoms with E-state index in [0.29, 0.717) is 32.1 Å². The molecule has 4 aromatic rings. The van der Waals surface area contributed by atoms with Crippen LogP contribution in [0.1, 0.15) is 10.4 Å². The quantitative estimate of drug-likeness (QED) is 0.500. The Labute approximate surface area is 189 Å². The number of rotatable bonds is 3. The van der Waals surface area contributed by atoms with E-state index in [2.05, 4.69) is 9.97 Å². The first kappa shape index (κ1) is 19.6. The number of phenolic OH excluding ortho intramolecular Hbond substituents is 1. The molecule has 0 spiro atoms. The lowest BCUT2D eigenvalue weighted by Crippen LogP contribution is -2.40. The molecule has 0 saturated carbocycles. The van der Waals surface area contributed by atoms with Crippen molar-refractivity contribution in [1.29, 1.82) is 0 Å². The van der Waals surface area contributed by atoms with Crippen LogP contribution < -0.4 is 9.47 Å². The number of aromatic nitrogens is 2. The van der Waals surface area contributed by atoms with Gasteiger partial charge in [0.05, 0.1) is 18.8 Å². The maximum absolute atomic E-state index is 13.0. The van der Waals surface area contributed by atoms with E-state index >= 15 is 0 Å². The first-order valence-corrected chi connectivity index (χ1v) is 10.8. The van der Waals surface area contributed by atoms with Crippen molar-refractivity contribution >= 4 is 16.9 Å². The molecular weight excluding hydrogens is 422 g/mol. The topological polar surface area (TPSA) is 96.9 Å². The molecule has 2 aromatic carbocycles. The van der Waals surface area contributed by atoms with Crippen molar-refractivity contribution < 1.29 is 24.1 Å². The van der Waals surface area contributed by atoms with Crippen LogP contribution in [0.4, 0.5) is 0 Å². The SMILES string of the molecule is O=C(c1cc(-c2cnc3[nH]cc(-c4cccc5c4OCO5)c3c2)ccc1O)N1CCOCC1. The van der Waals surface area contributed by atoms with Gasteiger partial charge in [-0.25, -0.2) is 4.98 Å². The summed E-state index contributed by atoms with van der Waals surface area (Å²) in [5.41, 5.74) is 4.52. The summed E-state index contributed by atoms with van der Waals surface area (Å²) in [6, 6.07) is 12.9. The maximum Gasteiger partial charge on any atom is 0.257 e. The first-order chi connectivity index (χ1) is 16.2. The van der Waals surface area contributed by atoms with Gasteiger partial charge in [-0.05, 0) is 29.8 Å². The second-order valence-corrected chi connectivity index (χ2v) is 8.00. The standard InChI is InChI=1S/C25H21N3O5/c29-21-5-4-15(10-19(21)25(30)28-6-8-31-9-7-28)16-11-18-20(13-27-24(18)26-12-16)17-2-1-3-22-23(17)33-14-32-22/h1-5,10-13,29H,6-9,14H2,(H,26,27). The van der Waals surface area contributed by atoms with Crippen LogP contribution in [-0.4, -0.2) is 59.0 Å². The normalized spacial score (nSPS) is 15.2. The number of pyridine rings is 1. The zero-order chi connectivity index (χ0) is 22.4. The molecular formula is C25H21N3O5. The van der Waals surface area contributed by atoms with Crippen molar-refractivity contribution in [3.05, 3.63) is 60.4 Å². The van der Waals surface area contributed by atoms with E-state index in [1.165, 1.54) is 0 Å². The third-order valence-corrected chi connectivity index (χ3v) is 6.08. The summed E-state index contributed by atoms with van der Waals surface area (Å²) in [5.74, 6) is 1.19. The second kappa shape index (κ2) is 7.83. The number of benzene rings is 2. The number of hydrogen-bond donors (Lipinski definition) is 2. The number of aromatic amines is 1. The molecule has 1 amide bonds. The van der Waals surface area contributed by atoms with E-state index in [1.54, 1.807) is 29.3 Å². The number of phenols is 1. The maximum atomic E-state index is 13.0. The van der Waals surface area contributed by atoms with Gasteiger partial charge < -0.3 is 29.2 Å². The minimum atomic E-state index is -0.203. The lowest BCUT2D eigenvalue weighted by Gasteiger charge is -2.27.